The van der Waals surface area contributed by atoms with Gasteiger partial charge in [0.1, 0.15) is 11.8 Å². The Labute approximate surface area is 71.9 Å². The van der Waals surface area contributed by atoms with E-state index in [0.717, 1.165) is 0 Å². The van der Waals surface area contributed by atoms with Crippen molar-refractivity contribution in [2.75, 3.05) is 6.61 Å². The molecule has 12 heavy (non-hydrogen) atoms. The van der Waals surface area contributed by atoms with Crippen LogP contribution in [0.2, 0.25) is 0 Å². The molecule has 4 heteroatoms. The molecular weight excluding hydrogens is 158 g/mol. The number of hydrogen-bond donors (Lipinski definition) is 3. The van der Waals surface area contributed by atoms with Crippen molar-refractivity contribution in [2.45, 2.75) is 19.9 Å². The van der Waals surface area contributed by atoms with E-state index < -0.39 is 6.04 Å². The van der Waals surface area contributed by atoms with Crippen molar-refractivity contribution in [1.82, 2.24) is 5.32 Å². The van der Waals surface area contributed by atoms with Gasteiger partial charge in [0.25, 0.3) is 0 Å². The molecule has 0 aromatic rings. The predicted octanol–water partition coefficient (Wildman–Crippen LogP) is 0.191. The molecule has 4 nitrogen and oxygen atoms in total. The highest BCUT2D eigenvalue weighted by molar-refractivity contribution is 5.78. The van der Waals surface area contributed by atoms with Crippen LogP contribution in [0.15, 0.2) is 12.3 Å². The Kier molecular flexibility index (Phi) is 4.36. The molecule has 0 spiro atoms. The Hall–Kier alpha value is -1.03. The molecule has 0 aromatic carbocycles. The summed E-state index contributed by atoms with van der Waals surface area (Å²) in [6.07, 6.45) is 0. The average molecular weight is 173 g/mol. The van der Waals surface area contributed by atoms with Gasteiger partial charge in [-0.3, -0.25) is 4.79 Å². The van der Waals surface area contributed by atoms with E-state index in [1.807, 2.05) is 0 Å². The van der Waals surface area contributed by atoms with E-state index in [-0.39, 0.29) is 24.2 Å². The lowest BCUT2D eigenvalue weighted by molar-refractivity contribution is -0.125. The van der Waals surface area contributed by atoms with Gasteiger partial charge in [-0.2, -0.15) is 0 Å². The Bertz CT molecular complexity index is 177. The van der Waals surface area contributed by atoms with Crippen molar-refractivity contribution >= 4 is 5.91 Å². The number of carbonyl (C=O) groups excluding carboxylic acids is 1. The van der Waals surface area contributed by atoms with Gasteiger partial charge in [0, 0.05) is 5.92 Å². The molecular formula is C8H15NO3. The van der Waals surface area contributed by atoms with Crippen LogP contribution in [0.5, 0.6) is 0 Å². The van der Waals surface area contributed by atoms with Crippen LogP contribution in [0.25, 0.3) is 0 Å². The van der Waals surface area contributed by atoms with E-state index in [9.17, 15) is 4.79 Å². The van der Waals surface area contributed by atoms with Crippen LogP contribution in [0.3, 0.4) is 0 Å². The fourth-order valence-electron chi connectivity index (χ4n) is 0.573. The number of nitrogens with one attached hydrogen (secondary N) is 1. The third-order valence-electron chi connectivity index (χ3n) is 1.43. The second-order valence-corrected chi connectivity index (χ2v) is 2.89. The van der Waals surface area contributed by atoms with Crippen LogP contribution in [0.1, 0.15) is 13.8 Å². The van der Waals surface area contributed by atoms with Gasteiger partial charge in [-0.05, 0) is 0 Å². The second-order valence-electron chi connectivity index (χ2n) is 2.89. The van der Waals surface area contributed by atoms with Crippen LogP contribution in [-0.2, 0) is 4.79 Å². The molecule has 0 heterocycles. The van der Waals surface area contributed by atoms with Gasteiger partial charge in [0.15, 0.2) is 0 Å². The maximum Gasteiger partial charge on any atom is 0.223 e. The Balaban J connectivity index is 4.03. The topological polar surface area (TPSA) is 69.6 Å². The molecule has 0 aromatic heterocycles. The Morgan fingerprint density at radius 3 is 2.33 bits per heavy atom. The smallest absolute Gasteiger partial charge is 0.223 e. The average Bonchev–Trinajstić information content (AvgIpc) is 1.98. The summed E-state index contributed by atoms with van der Waals surface area (Å²) in [5.74, 6) is -0.617. The minimum absolute atomic E-state index is 0.168. The van der Waals surface area contributed by atoms with Gasteiger partial charge in [-0.1, -0.05) is 20.4 Å². The van der Waals surface area contributed by atoms with Gasteiger partial charge in [0.2, 0.25) is 5.91 Å². The number of amides is 1. The van der Waals surface area contributed by atoms with E-state index >= 15 is 0 Å². The molecule has 0 fully saturated rings. The zero-order valence-corrected chi connectivity index (χ0v) is 7.37. The van der Waals surface area contributed by atoms with E-state index in [0.29, 0.717) is 0 Å². The van der Waals surface area contributed by atoms with E-state index in [2.05, 4.69) is 11.9 Å². The molecule has 0 saturated heterocycles. The van der Waals surface area contributed by atoms with Gasteiger partial charge >= 0.3 is 0 Å². The summed E-state index contributed by atoms with van der Waals surface area (Å²) in [4.78, 5) is 11.0. The Morgan fingerprint density at radius 1 is 1.58 bits per heavy atom. The summed E-state index contributed by atoms with van der Waals surface area (Å²) in [5, 5.41) is 20.0. The molecule has 0 aliphatic heterocycles. The molecule has 0 saturated carbocycles. The molecule has 3 N–H and O–H groups in total. The fourth-order valence-corrected chi connectivity index (χ4v) is 0.573. The van der Waals surface area contributed by atoms with Crippen molar-refractivity contribution < 1.29 is 15.0 Å². The van der Waals surface area contributed by atoms with Crippen LogP contribution < -0.4 is 5.32 Å². The minimum Gasteiger partial charge on any atom is -0.511 e. The largest absolute Gasteiger partial charge is 0.511 e. The summed E-state index contributed by atoms with van der Waals surface area (Å²) in [7, 11) is 0. The van der Waals surface area contributed by atoms with Crippen molar-refractivity contribution in [3.63, 3.8) is 0 Å². The van der Waals surface area contributed by atoms with Gasteiger partial charge in [-0.15, -0.1) is 0 Å². The zero-order chi connectivity index (χ0) is 9.72. The molecule has 0 aliphatic carbocycles. The number of carbonyl (C=O) groups is 1. The first-order valence-corrected chi connectivity index (χ1v) is 3.78. The summed E-state index contributed by atoms with van der Waals surface area (Å²) in [6, 6.07) is -0.750. The van der Waals surface area contributed by atoms with Crippen molar-refractivity contribution in [3.05, 3.63) is 12.3 Å². The number of rotatable bonds is 4. The summed E-state index contributed by atoms with van der Waals surface area (Å²) >= 11 is 0. The highest BCUT2D eigenvalue weighted by Crippen LogP contribution is 1.97. The molecule has 70 valence electrons. The normalized spacial score (nSPS) is 12.7. The quantitative estimate of drug-likeness (QED) is 0.531. The standard InChI is InChI=1S/C8H15NO3/c1-5(2)8(12)9-7(4-10)6(3)11/h5,7,10-11H,3-4H2,1-2H3,(H,9,12). The third kappa shape index (κ3) is 3.39. The predicted molar refractivity (Wildman–Crippen MR) is 45.6 cm³/mol. The summed E-state index contributed by atoms with van der Waals surface area (Å²) in [6.45, 7) is 6.33. The third-order valence-corrected chi connectivity index (χ3v) is 1.43. The van der Waals surface area contributed by atoms with Crippen LogP contribution in [0, 0.1) is 5.92 Å². The van der Waals surface area contributed by atoms with Crippen molar-refractivity contribution in [3.8, 4) is 0 Å². The lowest BCUT2D eigenvalue weighted by atomic mass is 10.2. The summed E-state index contributed by atoms with van der Waals surface area (Å²) < 4.78 is 0. The first-order chi connectivity index (χ1) is 5.49. The number of aliphatic hydroxyl groups excluding tert-OH is 2. The number of aliphatic hydroxyl groups is 2. The summed E-state index contributed by atoms with van der Waals surface area (Å²) in [5.41, 5.74) is 0. The Morgan fingerprint density at radius 2 is 2.08 bits per heavy atom. The van der Waals surface area contributed by atoms with Crippen molar-refractivity contribution in [2.24, 2.45) is 5.92 Å². The van der Waals surface area contributed by atoms with Gasteiger partial charge in [-0.25, -0.2) is 0 Å². The molecule has 1 unspecified atom stereocenters. The van der Waals surface area contributed by atoms with E-state index in [1.54, 1.807) is 13.8 Å². The highest BCUT2D eigenvalue weighted by atomic mass is 16.3. The van der Waals surface area contributed by atoms with Crippen LogP contribution in [-0.4, -0.2) is 28.8 Å². The van der Waals surface area contributed by atoms with Gasteiger partial charge < -0.3 is 15.5 Å². The monoisotopic (exact) mass is 173 g/mol. The minimum atomic E-state index is -0.750. The molecule has 1 atom stereocenters. The second kappa shape index (κ2) is 4.77. The SMILES string of the molecule is C=C(O)C(CO)NC(=O)C(C)C. The fraction of sp³-hybridized carbons (Fsp3) is 0.625. The maximum atomic E-state index is 11.0. The lowest BCUT2D eigenvalue weighted by Crippen LogP contribution is -2.40. The van der Waals surface area contributed by atoms with E-state index in [1.165, 1.54) is 0 Å². The first-order valence-electron chi connectivity index (χ1n) is 3.78. The molecule has 1 amide bonds. The van der Waals surface area contributed by atoms with Crippen molar-refractivity contribution in [1.29, 1.82) is 0 Å². The number of hydrogen-bond acceptors (Lipinski definition) is 3. The zero-order valence-electron chi connectivity index (χ0n) is 7.37. The highest BCUT2D eigenvalue weighted by Gasteiger charge is 2.15. The molecule has 0 radical (unpaired) electrons. The molecule has 0 aliphatic rings. The van der Waals surface area contributed by atoms with E-state index in [4.69, 9.17) is 10.2 Å². The maximum absolute atomic E-state index is 11.0. The van der Waals surface area contributed by atoms with Crippen LogP contribution in [0.4, 0.5) is 0 Å². The first kappa shape index (κ1) is 11.0. The lowest BCUT2D eigenvalue weighted by Gasteiger charge is -2.15. The van der Waals surface area contributed by atoms with Gasteiger partial charge in [0.05, 0.1) is 6.61 Å². The molecule has 0 rings (SSSR count). The molecule has 0 bridgehead atoms. The van der Waals surface area contributed by atoms with Crippen LogP contribution >= 0.6 is 0 Å².